The predicted octanol–water partition coefficient (Wildman–Crippen LogP) is 1.64. The number of nitrogens with zero attached hydrogens (tertiary/aromatic N) is 3. The van der Waals surface area contributed by atoms with Gasteiger partial charge in [0.1, 0.15) is 0 Å². The minimum absolute atomic E-state index is 0.183. The van der Waals surface area contributed by atoms with Gasteiger partial charge in [-0.25, -0.2) is 0 Å². The summed E-state index contributed by atoms with van der Waals surface area (Å²) in [4.78, 5) is 5.70. The summed E-state index contributed by atoms with van der Waals surface area (Å²) in [5.41, 5.74) is 7.79. The lowest BCUT2D eigenvalue weighted by molar-refractivity contribution is 0.318. The summed E-state index contributed by atoms with van der Waals surface area (Å²) >= 11 is 1.61. The molecule has 1 aromatic carbocycles. The molecular formula is C14H22N4OS. The van der Waals surface area contributed by atoms with Gasteiger partial charge in [0.25, 0.3) is 0 Å². The highest BCUT2D eigenvalue weighted by Crippen LogP contribution is 2.30. The Balaban J connectivity index is 2.39. The summed E-state index contributed by atoms with van der Waals surface area (Å²) in [5.74, 6) is 0.183. The molecule has 20 heavy (non-hydrogen) atoms. The molecule has 0 radical (unpaired) electrons. The molecule has 5 nitrogen and oxygen atoms in total. The van der Waals surface area contributed by atoms with E-state index >= 15 is 0 Å². The van der Waals surface area contributed by atoms with E-state index < -0.39 is 0 Å². The Morgan fingerprint density at radius 2 is 2.10 bits per heavy atom. The summed E-state index contributed by atoms with van der Waals surface area (Å²) in [7, 11) is 2.15. The number of nitrogens with two attached hydrogens (primary N) is 1. The van der Waals surface area contributed by atoms with E-state index in [-0.39, 0.29) is 5.84 Å². The number of thioether (sulfide) groups is 1. The second-order valence-corrected chi connectivity index (χ2v) is 5.83. The molecule has 6 heteroatoms. The van der Waals surface area contributed by atoms with Crippen LogP contribution in [0.3, 0.4) is 0 Å². The maximum Gasteiger partial charge on any atom is 0.173 e. The van der Waals surface area contributed by atoms with E-state index in [1.807, 2.05) is 18.4 Å². The van der Waals surface area contributed by atoms with Crippen molar-refractivity contribution in [3.05, 3.63) is 23.8 Å². The van der Waals surface area contributed by atoms with Crippen molar-refractivity contribution in [2.45, 2.75) is 11.3 Å². The number of hydrogen-bond donors (Lipinski definition) is 2. The van der Waals surface area contributed by atoms with Gasteiger partial charge in [-0.15, -0.1) is 11.8 Å². The third kappa shape index (κ3) is 3.19. The van der Waals surface area contributed by atoms with Crippen LogP contribution in [-0.4, -0.2) is 55.4 Å². The maximum atomic E-state index is 9.06. The molecule has 0 aromatic heterocycles. The highest BCUT2D eigenvalue weighted by Gasteiger charge is 2.19. The van der Waals surface area contributed by atoms with E-state index in [4.69, 9.17) is 10.9 Å². The Labute approximate surface area is 124 Å². The zero-order valence-electron chi connectivity index (χ0n) is 12.0. The maximum absolute atomic E-state index is 9.06. The van der Waals surface area contributed by atoms with Crippen LogP contribution in [-0.2, 0) is 0 Å². The third-order valence-corrected chi connectivity index (χ3v) is 4.43. The quantitative estimate of drug-likeness (QED) is 0.292. The first-order valence-corrected chi connectivity index (χ1v) is 7.98. The fourth-order valence-electron chi connectivity index (χ4n) is 2.55. The topological polar surface area (TPSA) is 65.1 Å². The van der Waals surface area contributed by atoms with Crippen molar-refractivity contribution in [2.24, 2.45) is 10.9 Å². The van der Waals surface area contributed by atoms with E-state index in [2.05, 4.69) is 28.1 Å². The van der Waals surface area contributed by atoms with Gasteiger partial charge in [-0.3, -0.25) is 0 Å². The van der Waals surface area contributed by atoms with Crippen LogP contribution in [0.1, 0.15) is 12.0 Å². The van der Waals surface area contributed by atoms with Crippen molar-refractivity contribution in [1.29, 1.82) is 0 Å². The summed E-state index contributed by atoms with van der Waals surface area (Å²) in [6.45, 7) is 4.09. The van der Waals surface area contributed by atoms with Crippen molar-refractivity contribution in [3.63, 3.8) is 0 Å². The average Bonchev–Trinajstić information content (AvgIpc) is 2.70. The van der Waals surface area contributed by atoms with Gasteiger partial charge in [-0.05, 0) is 38.4 Å². The van der Waals surface area contributed by atoms with Crippen molar-refractivity contribution >= 4 is 23.3 Å². The van der Waals surface area contributed by atoms with Gasteiger partial charge in [-0.2, -0.15) is 0 Å². The first-order valence-electron chi connectivity index (χ1n) is 6.75. The van der Waals surface area contributed by atoms with Crippen molar-refractivity contribution in [1.82, 2.24) is 4.90 Å². The molecule has 0 amide bonds. The van der Waals surface area contributed by atoms with Crippen molar-refractivity contribution in [2.75, 3.05) is 44.4 Å². The van der Waals surface area contributed by atoms with Gasteiger partial charge >= 0.3 is 0 Å². The van der Waals surface area contributed by atoms with Gasteiger partial charge in [0.2, 0.25) is 0 Å². The molecule has 1 fully saturated rings. The van der Waals surface area contributed by atoms with Crippen molar-refractivity contribution in [3.8, 4) is 0 Å². The number of amidine groups is 1. The Hall–Kier alpha value is -1.40. The molecule has 0 atom stereocenters. The Morgan fingerprint density at radius 3 is 2.80 bits per heavy atom. The van der Waals surface area contributed by atoms with E-state index in [1.54, 1.807) is 11.8 Å². The van der Waals surface area contributed by atoms with Crippen LogP contribution in [0.25, 0.3) is 0 Å². The number of likely N-dealkylation sites (N-methyl/N-ethyl adjacent to an activating group) is 1. The molecule has 1 aliphatic heterocycles. The number of benzene rings is 1. The molecular weight excluding hydrogens is 272 g/mol. The standard InChI is InChI=1S/C14H22N4OS/c1-17-7-4-8-18(10-9-17)11-5-3-6-12(20-2)13(11)14(15)16-19/h3,5-6,19H,4,7-10H2,1-2H3,(H2,15,16). The Kier molecular flexibility index (Phi) is 5.14. The summed E-state index contributed by atoms with van der Waals surface area (Å²) in [5, 5.41) is 12.3. The molecule has 1 heterocycles. The monoisotopic (exact) mass is 294 g/mol. The van der Waals surface area contributed by atoms with Crippen LogP contribution in [0.15, 0.2) is 28.3 Å². The summed E-state index contributed by atoms with van der Waals surface area (Å²) in [6, 6.07) is 6.09. The average molecular weight is 294 g/mol. The fraction of sp³-hybridized carbons (Fsp3) is 0.500. The summed E-state index contributed by atoms with van der Waals surface area (Å²) in [6.07, 6.45) is 3.12. The number of anilines is 1. The highest BCUT2D eigenvalue weighted by molar-refractivity contribution is 7.98. The van der Waals surface area contributed by atoms with Gasteiger partial charge in [0.05, 0.1) is 5.56 Å². The minimum atomic E-state index is 0.183. The van der Waals surface area contributed by atoms with Crippen LogP contribution < -0.4 is 10.6 Å². The molecule has 0 spiro atoms. The highest BCUT2D eigenvalue weighted by atomic mass is 32.2. The fourth-order valence-corrected chi connectivity index (χ4v) is 3.18. The van der Waals surface area contributed by atoms with Gasteiger partial charge in [0, 0.05) is 30.2 Å². The smallest absolute Gasteiger partial charge is 0.173 e. The normalized spacial score (nSPS) is 18.1. The Morgan fingerprint density at radius 1 is 1.30 bits per heavy atom. The van der Waals surface area contributed by atoms with Crippen LogP contribution >= 0.6 is 11.8 Å². The molecule has 2 rings (SSSR count). The lowest BCUT2D eigenvalue weighted by atomic mass is 10.1. The Bertz CT molecular complexity index is 492. The molecule has 0 bridgehead atoms. The van der Waals surface area contributed by atoms with E-state index in [0.717, 1.165) is 48.7 Å². The molecule has 110 valence electrons. The SMILES string of the molecule is CSc1cccc(N2CCCN(C)CC2)c1/C(N)=N/O. The first-order chi connectivity index (χ1) is 9.67. The van der Waals surface area contributed by atoms with Gasteiger partial charge in [0.15, 0.2) is 5.84 Å². The lowest BCUT2D eigenvalue weighted by Crippen LogP contribution is -2.31. The van der Waals surface area contributed by atoms with E-state index in [1.165, 1.54) is 0 Å². The zero-order chi connectivity index (χ0) is 14.5. The zero-order valence-corrected chi connectivity index (χ0v) is 12.9. The van der Waals surface area contributed by atoms with Gasteiger partial charge in [-0.1, -0.05) is 11.2 Å². The van der Waals surface area contributed by atoms with Crippen molar-refractivity contribution < 1.29 is 5.21 Å². The van der Waals surface area contributed by atoms with Crippen LogP contribution in [0.2, 0.25) is 0 Å². The van der Waals surface area contributed by atoms with E-state index in [0.29, 0.717) is 0 Å². The van der Waals surface area contributed by atoms with Crippen LogP contribution in [0.5, 0.6) is 0 Å². The largest absolute Gasteiger partial charge is 0.409 e. The number of oxime groups is 1. The molecule has 1 aliphatic rings. The number of hydrogen-bond acceptors (Lipinski definition) is 5. The molecule has 3 N–H and O–H groups in total. The first kappa shape index (κ1) is 15.0. The number of rotatable bonds is 3. The van der Waals surface area contributed by atoms with Crippen LogP contribution in [0, 0.1) is 0 Å². The second kappa shape index (κ2) is 6.85. The molecule has 0 aliphatic carbocycles. The molecule has 1 saturated heterocycles. The third-order valence-electron chi connectivity index (χ3n) is 3.65. The second-order valence-electron chi connectivity index (χ2n) is 4.98. The minimum Gasteiger partial charge on any atom is -0.409 e. The molecule has 1 aromatic rings. The predicted molar refractivity (Wildman–Crippen MR) is 85.1 cm³/mol. The van der Waals surface area contributed by atoms with Crippen LogP contribution in [0.4, 0.5) is 5.69 Å². The lowest BCUT2D eigenvalue weighted by Gasteiger charge is -2.26. The van der Waals surface area contributed by atoms with Gasteiger partial charge < -0.3 is 20.7 Å². The summed E-state index contributed by atoms with van der Waals surface area (Å²) < 4.78 is 0. The molecule has 0 unspecified atom stereocenters. The van der Waals surface area contributed by atoms with E-state index in [9.17, 15) is 0 Å². The molecule has 0 saturated carbocycles.